The van der Waals surface area contributed by atoms with Crippen molar-refractivity contribution in [3.8, 4) is 0 Å². The number of nitrogens with zero attached hydrogens (tertiary/aromatic N) is 2. The minimum atomic E-state index is -4.63. The number of carbonyl (C=O) groups is 1. The summed E-state index contributed by atoms with van der Waals surface area (Å²) in [5, 5.41) is 2.54. The summed E-state index contributed by atoms with van der Waals surface area (Å²) >= 11 is 0. The van der Waals surface area contributed by atoms with Crippen LogP contribution in [0, 0.1) is 0 Å². The first-order valence-electron chi connectivity index (χ1n) is 8.30. The van der Waals surface area contributed by atoms with Crippen LogP contribution in [0.5, 0.6) is 0 Å². The number of benzene rings is 1. The second-order valence-corrected chi connectivity index (χ2v) is 5.98. The predicted octanol–water partition coefficient (Wildman–Crippen LogP) is 4.27. The van der Waals surface area contributed by atoms with Crippen LogP contribution in [0.25, 0.3) is 5.57 Å². The molecule has 1 aliphatic heterocycles. The quantitative estimate of drug-likeness (QED) is 0.828. The van der Waals surface area contributed by atoms with Crippen LogP contribution in [-0.4, -0.2) is 30.2 Å². The lowest BCUT2D eigenvalue weighted by molar-refractivity contribution is -0.112. The van der Waals surface area contributed by atoms with Crippen LogP contribution in [0.15, 0.2) is 54.7 Å². The maximum Gasteiger partial charge on any atom is 0.417 e. The number of nitrogens with one attached hydrogen (secondary N) is 1. The standard InChI is InChI=1S/C19H18F3N3O/c20-19(21,22)15(14-7-2-1-3-8-14)13-17(26)24-16-9-6-10-23-18(16)25-11-4-5-12-25/h1-3,6-10,13H,4-5,11-12H2,(H,24,26)/b15-13-. The molecule has 1 aromatic carbocycles. The van der Waals surface area contributed by atoms with Gasteiger partial charge in [-0.15, -0.1) is 0 Å². The summed E-state index contributed by atoms with van der Waals surface area (Å²) in [6, 6.07) is 10.6. The van der Waals surface area contributed by atoms with Gasteiger partial charge in [0.2, 0.25) is 5.91 Å². The van der Waals surface area contributed by atoms with E-state index < -0.39 is 17.7 Å². The fourth-order valence-electron chi connectivity index (χ4n) is 2.92. The maximum atomic E-state index is 13.4. The third kappa shape index (κ3) is 4.22. The van der Waals surface area contributed by atoms with E-state index in [2.05, 4.69) is 10.3 Å². The molecule has 4 nitrogen and oxygen atoms in total. The van der Waals surface area contributed by atoms with Crippen LogP contribution in [0.3, 0.4) is 0 Å². The number of halogens is 3. The molecule has 2 heterocycles. The molecule has 26 heavy (non-hydrogen) atoms. The summed E-state index contributed by atoms with van der Waals surface area (Å²) in [6.07, 6.45) is -0.391. The third-order valence-corrected chi connectivity index (χ3v) is 4.12. The van der Waals surface area contributed by atoms with Gasteiger partial charge in [-0.1, -0.05) is 30.3 Å². The summed E-state index contributed by atoms with van der Waals surface area (Å²) in [5.41, 5.74) is -0.631. The molecule has 1 fully saturated rings. The molecule has 0 aliphatic carbocycles. The first kappa shape index (κ1) is 18.0. The molecule has 1 aromatic heterocycles. The third-order valence-electron chi connectivity index (χ3n) is 4.12. The Morgan fingerprint density at radius 3 is 2.42 bits per heavy atom. The van der Waals surface area contributed by atoms with Crippen molar-refractivity contribution in [3.63, 3.8) is 0 Å². The van der Waals surface area contributed by atoms with Gasteiger partial charge in [-0.3, -0.25) is 4.79 Å². The molecule has 3 rings (SSSR count). The highest BCUT2D eigenvalue weighted by Gasteiger charge is 2.35. The molecule has 0 bridgehead atoms. The predicted molar refractivity (Wildman–Crippen MR) is 94.8 cm³/mol. The zero-order valence-corrected chi connectivity index (χ0v) is 14.0. The van der Waals surface area contributed by atoms with Crippen LogP contribution in [0.1, 0.15) is 18.4 Å². The van der Waals surface area contributed by atoms with Crippen LogP contribution in [0.2, 0.25) is 0 Å². The number of rotatable bonds is 4. The van der Waals surface area contributed by atoms with Gasteiger partial charge in [-0.2, -0.15) is 13.2 Å². The van der Waals surface area contributed by atoms with E-state index in [0.29, 0.717) is 17.6 Å². The first-order valence-corrected chi connectivity index (χ1v) is 8.30. The average molecular weight is 361 g/mol. The summed E-state index contributed by atoms with van der Waals surface area (Å²) in [4.78, 5) is 18.6. The van der Waals surface area contributed by atoms with Crippen LogP contribution < -0.4 is 10.2 Å². The van der Waals surface area contributed by atoms with Gasteiger partial charge >= 0.3 is 6.18 Å². The van der Waals surface area contributed by atoms with Crippen molar-refractivity contribution >= 4 is 23.0 Å². The van der Waals surface area contributed by atoms with Crippen molar-refractivity contribution in [2.24, 2.45) is 0 Å². The summed E-state index contributed by atoms with van der Waals surface area (Å²) < 4.78 is 40.1. The zero-order chi connectivity index (χ0) is 18.6. The lowest BCUT2D eigenvalue weighted by atomic mass is 10.1. The van der Waals surface area contributed by atoms with Crippen LogP contribution in [-0.2, 0) is 4.79 Å². The number of hydrogen-bond donors (Lipinski definition) is 1. The Balaban J connectivity index is 1.86. The SMILES string of the molecule is O=C(/C=C(/c1ccccc1)C(F)(F)F)Nc1cccnc1N1CCCC1. The second kappa shape index (κ2) is 7.59. The van der Waals surface area contributed by atoms with Gasteiger partial charge in [-0.25, -0.2) is 4.98 Å². The van der Waals surface area contributed by atoms with Gasteiger partial charge in [0, 0.05) is 25.4 Å². The van der Waals surface area contributed by atoms with Gasteiger partial charge in [0.05, 0.1) is 11.3 Å². The Labute approximate surface area is 149 Å². The van der Waals surface area contributed by atoms with Gasteiger partial charge in [0.15, 0.2) is 5.82 Å². The van der Waals surface area contributed by atoms with Crippen LogP contribution in [0.4, 0.5) is 24.7 Å². The molecule has 0 radical (unpaired) electrons. The van der Waals surface area contributed by atoms with Crippen molar-refractivity contribution < 1.29 is 18.0 Å². The molecule has 0 spiro atoms. The van der Waals surface area contributed by atoms with Crippen molar-refractivity contribution in [1.82, 2.24) is 4.98 Å². The second-order valence-electron chi connectivity index (χ2n) is 5.98. The molecule has 2 aromatic rings. The Hall–Kier alpha value is -2.83. The highest BCUT2D eigenvalue weighted by Crippen LogP contribution is 2.34. The van der Waals surface area contributed by atoms with Crippen molar-refractivity contribution in [2.75, 3.05) is 23.3 Å². The number of hydrogen-bond acceptors (Lipinski definition) is 3. The number of aromatic nitrogens is 1. The van der Waals surface area contributed by atoms with Crippen molar-refractivity contribution in [3.05, 3.63) is 60.3 Å². The molecule has 7 heteroatoms. The molecule has 1 saturated heterocycles. The molecule has 0 saturated carbocycles. The van der Waals surface area contributed by atoms with Crippen molar-refractivity contribution in [2.45, 2.75) is 19.0 Å². The van der Waals surface area contributed by atoms with E-state index in [1.165, 1.54) is 24.3 Å². The van der Waals surface area contributed by atoms with Crippen LogP contribution >= 0.6 is 0 Å². The van der Waals surface area contributed by atoms with E-state index >= 15 is 0 Å². The topological polar surface area (TPSA) is 45.2 Å². The maximum absolute atomic E-state index is 13.4. The average Bonchev–Trinajstić information content (AvgIpc) is 3.14. The molecular weight excluding hydrogens is 343 g/mol. The smallest absolute Gasteiger partial charge is 0.355 e. The minimum Gasteiger partial charge on any atom is -0.355 e. The van der Waals surface area contributed by atoms with Crippen molar-refractivity contribution in [1.29, 1.82) is 0 Å². The summed E-state index contributed by atoms with van der Waals surface area (Å²) in [6.45, 7) is 1.63. The normalized spacial score (nSPS) is 15.2. The molecule has 136 valence electrons. The largest absolute Gasteiger partial charge is 0.417 e. The van der Waals surface area contributed by atoms with Gasteiger partial charge < -0.3 is 10.2 Å². The molecule has 0 unspecified atom stereocenters. The minimum absolute atomic E-state index is 0.0545. The number of alkyl halides is 3. The Morgan fingerprint density at radius 2 is 1.77 bits per heavy atom. The van der Waals surface area contributed by atoms with E-state index in [-0.39, 0.29) is 5.56 Å². The Morgan fingerprint density at radius 1 is 1.08 bits per heavy atom. The monoisotopic (exact) mass is 361 g/mol. The van der Waals surface area contributed by atoms with E-state index in [1.807, 2.05) is 4.90 Å². The highest BCUT2D eigenvalue weighted by molar-refractivity contribution is 6.05. The Bertz CT molecular complexity index is 797. The highest BCUT2D eigenvalue weighted by atomic mass is 19.4. The fraction of sp³-hybridized carbons (Fsp3) is 0.263. The lowest BCUT2D eigenvalue weighted by Gasteiger charge is -2.19. The van der Waals surface area contributed by atoms with Gasteiger partial charge in [0.25, 0.3) is 0 Å². The number of amides is 1. The first-order chi connectivity index (χ1) is 12.4. The summed E-state index contributed by atoms with van der Waals surface area (Å²) in [7, 11) is 0. The fourth-order valence-corrected chi connectivity index (χ4v) is 2.92. The number of pyridine rings is 1. The zero-order valence-electron chi connectivity index (χ0n) is 14.0. The number of allylic oxidation sites excluding steroid dienone is 1. The lowest BCUT2D eigenvalue weighted by Crippen LogP contribution is -2.22. The molecule has 0 atom stereocenters. The molecule has 1 aliphatic rings. The van der Waals surface area contributed by atoms with E-state index in [9.17, 15) is 18.0 Å². The van der Waals surface area contributed by atoms with E-state index in [0.717, 1.165) is 25.9 Å². The van der Waals surface area contributed by atoms with E-state index in [4.69, 9.17) is 0 Å². The Kier molecular flexibility index (Phi) is 5.25. The van der Waals surface area contributed by atoms with Gasteiger partial charge in [-0.05, 0) is 30.5 Å². The van der Waals surface area contributed by atoms with E-state index in [1.54, 1.807) is 24.4 Å². The number of anilines is 2. The molecule has 1 amide bonds. The molecule has 1 N–H and O–H groups in total. The molecular formula is C19H18F3N3O. The van der Waals surface area contributed by atoms with Gasteiger partial charge in [0.1, 0.15) is 0 Å². The summed E-state index contributed by atoms with van der Waals surface area (Å²) in [5.74, 6) is -0.255. The number of carbonyl (C=O) groups excluding carboxylic acids is 1.